The first-order chi connectivity index (χ1) is 9.35. The number of aliphatic hydroxyl groups is 5. The standard InChI is InChI=1S/C7H14O.C6H12O6/c1-3-5-7(8)6-4-2;7-1-3(9)5(11)6(12)4(10)2-8/h3-6H2,1-2H3;1,3-6,8-12H,2H2. The molecule has 0 spiro atoms. The van der Waals surface area contributed by atoms with Crippen LogP contribution >= 0.6 is 0 Å². The van der Waals surface area contributed by atoms with Gasteiger partial charge in [0.1, 0.15) is 30.2 Å². The molecule has 4 atom stereocenters. The molecule has 0 aliphatic rings. The van der Waals surface area contributed by atoms with Crippen LogP contribution in [-0.4, -0.2) is 68.6 Å². The molecule has 0 saturated heterocycles. The average molecular weight is 294 g/mol. The zero-order valence-corrected chi connectivity index (χ0v) is 12.0. The van der Waals surface area contributed by atoms with Crippen molar-refractivity contribution >= 4 is 12.1 Å². The Labute approximate surface area is 118 Å². The van der Waals surface area contributed by atoms with Crippen LogP contribution in [0.15, 0.2) is 0 Å². The normalized spacial score (nSPS) is 16.4. The number of aliphatic hydroxyl groups excluding tert-OH is 5. The summed E-state index contributed by atoms with van der Waals surface area (Å²) < 4.78 is 0. The van der Waals surface area contributed by atoms with Gasteiger partial charge in [0.2, 0.25) is 0 Å². The van der Waals surface area contributed by atoms with E-state index < -0.39 is 31.0 Å². The van der Waals surface area contributed by atoms with E-state index >= 15 is 0 Å². The van der Waals surface area contributed by atoms with Crippen LogP contribution in [0.4, 0.5) is 0 Å². The Morgan fingerprint density at radius 2 is 1.45 bits per heavy atom. The quantitative estimate of drug-likeness (QED) is 0.336. The Balaban J connectivity index is 0. The molecule has 7 nitrogen and oxygen atoms in total. The Morgan fingerprint density at radius 1 is 1.00 bits per heavy atom. The maximum atomic E-state index is 10.6. The van der Waals surface area contributed by atoms with Gasteiger partial charge in [-0.25, -0.2) is 0 Å². The Hall–Kier alpha value is -0.860. The SMILES string of the molecule is CCCC(=O)CCC.O=CC(O)C(O)C(O)C(O)CO. The molecule has 0 aliphatic heterocycles. The van der Waals surface area contributed by atoms with Crippen LogP contribution in [-0.2, 0) is 9.59 Å². The van der Waals surface area contributed by atoms with Gasteiger partial charge in [0.05, 0.1) is 6.61 Å². The lowest BCUT2D eigenvalue weighted by molar-refractivity contribution is -0.136. The molecule has 120 valence electrons. The number of hydrogen-bond acceptors (Lipinski definition) is 7. The highest BCUT2D eigenvalue weighted by Crippen LogP contribution is 2.02. The molecular formula is C13H26O7. The van der Waals surface area contributed by atoms with E-state index in [-0.39, 0.29) is 6.29 Å². The van der Waals surface area contributed by atoms with E-state index in [0.29, 0.717) is 5.78 Å². The lowest BCUT2D eigenvalue weighted by Gasteiger charge is -2.22. The maximum absolute atomic E-state index is 10.6. The second-order valence-corrected chi connectivity index (χ2v) is 4.40. The smallest absolute Gasteiger partial charge is 0.151 e. The van der Waals surface area contributed by atoms with Crippen molar-refractivity contribution in [3.63, 3.8) is 0 Å². The van der Waals surface area contributed by atoms with Crippen LogP contribution in [0.2, 0.25) is 0 Å². The predicted molar refractivity (Wildman–Crippen MR) is 72.0 cm³/mol. The van der Waals surface area contributed by atoms with E-state index in [4.69, 9.17) is 25.5 Å². The summed E-state index contributed by atoms with van der Waals surface area (Å²) in [4.78, 5) is 20.5. The van der Waals surface area contributed by atoms with Gasteiger partial charge in [0.15, 0.2) is 6.29 Å². The van der Waals surface area contributed by atoms with Crippen LogP contribution < -0.4 is 0 Å². The van der Waals surface area contributed by atoms with Gasteiger partial charge in [-0.1, -0.05) is 13.8 Å². The number of hydrogen-bond donors (Lipinski definition) is 5. The fraction of sp³-hybridized carbons (Fsp3) is 0.846. The molecule has 0 fully saturated rings. The molecule has 0 heterocycles. The molecule has 0 bridgehead atoms. The average Bonchev–Trinajstić information content (AvgIpc) is 2.45. The summed E-state index contributed by atoms with van der Waals surface area (Å²) in [6.45, 7) is 3.31. The summed E-state index contributed by atoms with van der Waals surface area (Å²) in [5.41, 5.74) is 0. The number of rotatable bonds is 9. The zero-order chi connectivity index (χ0) is 16.1. The number of aldehydes is 1. The first-order valence-electron chi connectivity index (χ1n) is 6.65. The van der Waals surface area contributed by atoms with E-state index in [9.17, 15) is 9.59 Å². The van der Waals surface area contributed by atoms with Gasteiger partial charge < -0.3 is 30.3 Å². The minimum atomic E-state index is -1.79. The van der Waals surface area contributed by atoms with Crippen molar-refractivity contribution in [2.75, 3.05) is 6.61 Å². The van der Waals surface area contributed by atoms with Gasteiger partial charge in [-0.3, -0.25) is 4.79 Å². The summed E-state index contributed by atoms with van der Waals surface area (Å²) in [6.07, 6.45) is -3.30. The summed E-state index contributed by atoms with van der Waals surface area (Å²) in [5.74, 6) is 0.412. The third-order valence-electron chi connectivity index (χ3n) is 2.48. The fourth-order valence-electron chi connectivity index (χ4n) is 1.30. The molecule has 0 amide bonds. The molecule has 0 radical (unpaired) electrons. The molecule has 0 rings (SSSR count). The number of Topliss-reactive ketones (excluding diaryl/α,β-unsaturated/α-hetero) is 1. The fourth-order valence-corrected chi connectivity index (χ4v) is 1.30. The zero-order valence-electron chi connectivity index (χ0n) is 12.0. The summed E-state index contributed by atoms with van der Waals surface area (Å²) >= 11 is 0. The molecule has 0 aromatic carbocycles. The molecule has 7 heteroatoms. The molecule has 20 heavy (non-hydrogen) atoms. The van der Waals surface area contributed by atoms with Crippen molar-refractivity contribution in [2.45, 2.75) is 63.9 Å². The van der Waals surface area contributed by atoms with Gasteiger partial charge in [-0.15, -0.1) is 0 Å². The second-order valence-electron chi connectivity index (χ2n) is 4.40. The van der Waals surface area contributed by atoms with Gasteiger partial charge in [-0.2, -0.15) is 0 Å². The third kappa shape index (κ3) is 9.99. The minimum Gasteiger partial charge on any atom is -0.394 e. The highest BCUT2D eigenvalue weighted by molar-refractivity contribution is 5.78. The minimum absolute atomic E-state index is 0.0258. The first kappa shape index (κ1) is 21.4. The molecule has 0 aliphatic carbocycles. The monoisotopic (exact) mass is 294 g/mol. The van der Waals surface area contributed by atoms with Gasteiger partial charge in [0, 0.05) is 12.8 Å². The number of carbonyl (C=O) groups is 2. The topological polar surface area (TPSA) is 135 Å². The molecule has 0 aromatic rings. The third-order valence-corrected chi connectivity index (χ3v) is 2.48. The molecular weight excluding hydrogens is 268 g/mol. The highest BCUT2D eigenvalue weighted by atomic mass is 16.4. The highest BCUT2D eigenvalue weighted by Gasteiger charge is 2.29. The first-order valence-corrected chi connectivity index (χ1v) is 6.65. The molecule has 5 N–H and O–H groups in total. The summed E-state index contributed by atoms with van der Waals surface area (Å²) in [7, 11) is 0. The van der Waals surface area contributed by atoms with Crippen LogP contribution in [0, 0.1) is 0 Å². The van der Waals surface area contributed by atoms with E-state index in [1.54, 1.807) is 0 Å². The van der Waals surface area contributed by atoms with Crippen molar-refractivity contribution in [3.05, 3.63) is 0 Å². The van der Waals surface area contributed by atoms with E-state index in [1.807, 2.05) is 13.8 Å². The van der Waals surface area contributed by atoms with Crippen LogP contribution in [0.1, 0.15) is 39.5 Å². The van der Waals surface area contributed by atoms with Crippen molar-refractivity contribution < 1.29 is 35.1 Å². The van der Waals surface area contributed by atoms with Crippen LogP contribution in [0.5, 0.6) is 0 Å². The van der Waals surface area contributed by atoms with E-state index in [0.717, 1.165) is 25.7 Å². The molecule has 4 unspecified atom stereocenters. The van der Waals surface area contributed by atoms with Crippen molar-refractivity contribution in [3.8, 4) is 0 Å². The maximum Gasteiger partial charge on any atom is 0.151 e. The largest absolute Gasteiger partial charge is 0.394 e. The van der Waals surface area contributed by atoms with E-state index in [1.165, 1.54) is 0 Å². The van der Waals surface area contributed by atoms with Gasteiger partial charge in [-0.05, 0) is 12.8 Å². The van der Waals surface area contributed by atoms with Crippen LogP contribution in [0.3, 0.4) is 0 Å². The predicted octanol–water partition coefficient (Wildman–Crippen LogP) is -1.22. The van der Waals surface area contributed by atoms with Crippen molar-refractivity contribution in [2.24, 2.45) is 0 Å². The summed E-state index contributed by atoms with van der Waals surface area (Å²) in [5, 5.41) is 43.5. The van der Waals surface area contributed by atoms with Gasteiger partial charge in [0.25, 0.3) is 0 Å². The second kappa shape index (κ2) is 13.1. The van der Waals surface area contributed by atoms with Crippen molar-refractivity contribution in [1.29, 1.82) is 0 Å². The van der Waals surface area contributed by atoms with Gasteiger partial charge >= 0.3 is 0 Å². The van der Waals surface area contributed by atoms with Crippen molar-refractivity contribution in [1.82, 2.24) is 0 Å². The molecule has 0 aromatic heterocycles. The van der Waals surface area contributed by atoms with E-state index in [2.05, 4.69) is 0 Å². The Bertz CT molecular complexity index is 249. The van der Waals surface area contributed by atoms with Crippen LogP contribution in [0.25, 0.3) is 0 Å². The lowest BCUT2D eigenvalue weighted by Crippen LogP contribution is -2.46. The molecule has 0 saturated carbocycles. The lowest BCUT2D eigenvalue weighted by atomic mass is 10.0. The Morgan fingerprint density at radius 3 is 1.75 bits per heavy atom. The Kier molecular flexibility index (Phi) is 14.1. The summed E-state index contributed by atoms with van der Waals surface area (Å²) in [6, 6.07) is 0. The number of ketones is 1. The number of carbonyl (C=O) groups excluding carboxylic acids is 2.